The summed E-state index contributed by atoms with van der Waals surface area (Å²) in [5, 5.41) is 17.0. The molecular formula is C28H30N4O2. The van der Waals surface area contributed by atoms with Crippen LogP contribution in [0.5, 0.6) is 5.75 Å². The molecule has 6 heteroatoms. The molecule has 0 fully saturated rings. The molecule has 1 amide bonds. The van der Waals surface area contributed by atoms with E-state index < -0.39 is 5.91 Å². The van der Waals surface area contributed by atoms with Crippen molar-refractivity contribution >= 4 is 12.0 Å². The molecule has 6 nitrogen and oxygen atoms in total. The maximum Gasteiger partial charge on any atom is 0.262 e. The number of benzene rings is 2. The molecule has 0 spiro atoms. The van der Waals surface area contributed by atoms with Gasteiger partial charge in [-0.3, -0.25) is 4.79 Å². The summed E-state index contributed by atoms with van der Waals surface area (Å²) in [6, 6.07) is 19.4. The Kier molecular flexibility index (Phi) is 9.24. The highest BCUT2D eigenvalue weighted by molar-refractivity contribution is 6.02. The molecule has 34 heavy (non-hydrogen) atoms. The summed E-state index contributed by atoms with van der Waals surface area (Å²) in [6.07, 6.45) is 9.58. The maximum atomic E-state index is 12.4. The minimum Gasteiger partial charge on any atom is -0.494 e. The van der Waals surface area contributed by atoms with E-state index in [1.807, 2.05) is 66.9 Å². The van der Waals surface area contributed by atoms with Crippen molar-refractivity contribution in [2.24, 2.45) is 0 Å². The lowest BCUT2D eigenvalue weighted by molar-refractivity contribution is -0.116. The van der Waals surface area contributed by atoms with E-state index in [0.29, 0.717) is 17.9 Å². The van der Waals surface area contributed by atoms with Gasteiger partial charge in [0.1, 0.15) is 17.4 Å². The largest absolute Gasteiger partial charge is 0.494 e. The minimum atomic E-state index is -0.451. The second-order valence-electron chi connectivity index (χ2n) is 7.82. The van der Waals surface area contributed by atoms with Crippen LogP contribution in [0.2, 0.25) is 0 Å². The fraction of sp³-hybridized carbons (Fsp3) is 0.250. The lowest BCUT2D eigenvalue weighted by atomic mass is 10.1. The van der Waals surface area contributed by atoms with Crippen LogP contribution in [-0.4, -0.2) is 28.8 Å². The van der Waals surface area contributed by atoms with E-state index in [9.17, 15) is 10.1 Å². The van der Waals surface area contributed by atoms with E-state index in [2.05, 4.69) is 18.8 Å². The average Bonchev–Trinajstić information content (AvgIpc) is 3.30. The van der Waals surface area contributed by atoms with E-state index in [1.54, 1.807) is 16.8 Å². The van der Waals surface area contributed by atoms with Gasteiger partial charge in [-0.15, -0.1) is 6.58 Å². The molecule has 0 bridgehead atoms. The number of nitrogens with zero attached hydrogens (tertiary/aromatic N) is 3. The monoisotopic (exact) mass is 454 g/mol. The lowest BCUT2D eigenvalue weighted by Crippen LogP contribution is -2.24. The Hall–Kier alpha value is -4.11. The molecule has 3 rings (SSSR count). The van der Waals surface area contributed by atoms with Gasteiger partial charge in [-0.2, -0.15) is 10.4 Å². The Balaban J connectivity index is 1.90. The van der Waals surface area contributed by atoms with Crippen LogP contribution in [-0.2, 0) is 4.79 Å². The van der Waals surface area contributed by atoms with Gasteiger partial charge in [0.25, 0.3) is 5.91 Å². The molecule has 0 unspecified atom stereocenters. The van der Waals surface area contributed by atoms with E-state index in [4.69, 9.17) is 9.84 Å². The number of carbonyl (C=O) groups excluding carboxylic acids is 1. The summed E-state index contributed by atoms with van der Waals surface area (Å²) in [5.74, 6) is 0.356. The topological polar surface area (TPSA) is 79.9 Å². The van der Waals surface area contributed by atoms with Crippen LogP contribution >= 0.6 is 0 Å². The normalized spacial score (nSPS) is 11.0. The Morgan fingerprint density at radius 1 is 1.15 bits per heavy atom. The highest BCUT2D eigenvalue weighted by atomic mass is 16.5. The summed E-state index contributed by atoms with van der Waals surface area (Å²) >= 11 is 0. The quantitative estimate of drug-likeness (QED) is 0.165. The third-order valence-corrected chi connectivity index (χ3v) is 5.23. The van der Waals surface area contributed by atoms with Gasteiger partial charge >= 0.3 is 0 Å². The van der Waals surface area contributed by atoms with E-state index in [-0.39, 0.29) is 12.1 Å². The van der Waals surface area contributed by atoms with Crippen LogP contribution in [0.3, 0.4) is 0 Å². The molecule has 0 saturated carbocycles. The third-order valence-electron chi connectivity index (χ3n) is 5.23. The molecule has 0 aliphatic heterocycles. The first-order valence-corrected chi connectivity index (χ1v) is 11.6. The number of nitrogens with one attached hydrogen (secondary N) is 1. The van der Waals surface area contributed by atoms with Crippen LogP contribution in [0.1, 0.15) is 38.2 Å². The van der Waals surface area contributed by atoms with Crippen molar-refractivity contribution in [2.45, 2.75) is 32.6 Å². The van der Waals surface area contributed by atoms with Gasteiger partial charge < -0.3 is 10.1 Å². The number of hydrogen-bond acceptors (Lipinski definition) is 4. The van der Waals surface area contributed by atoms with Crippen molar-refractivity contribution in [1.82, 2.24) is 15.1 Å². The van der Waals surface area contributed by atoms with Crippen LogP contribution in [0.4, 0.5) is 0 Å². The molecule has 3 aromatic rings. The number of nitriles is 1. The minimum absolute atomic E-state index is 0.00254. The first-order chi connectivity index (χ1) is 16.7. The summed E-state index contributed by atoms with van der Waals surface area (Å²) in [7, 11) is 0. The van der Waals surface area contributed by atoms with E-state index in [0.717, 1.165) is 23.4 Å². The van der Waals surface area contributed by atoms with E-state index in [1.165, 1.54) is 19.3 Å². The summed E-state index contributed by atoms with van der Waals surface area (Å²) in [6.45, 7) is 6.76. The molecule has 1 N–H and O–H groups in total. The predicted octanol–water partition coefficient (Wildman–Crippen LogP) is 5.71. The van der Waals surface area contributed by atoms with Crippen LogP contribution in [0.25, 0.3) is 23.0 Å². The predicted molar refractivity (Wildman–Crippen MR) is 135 cm³/mol. The molecule has 0 saturated heterocycles. The van der Waals surface area contributed by atoms with Crippen molar-refractivity contribution in [1.29, 1.82) is 5.26 Å². The second-order valence-corrected chi connectivity index (χ2v) is 7.82. The fourth-order valence-electron chi connectivity index (χ4n) is 3.42. The third kappa shape index (κ3) is 6.69. The molecule has 174 valence electrons. The highest BCUT2D eigenvalue weighted by Crippen LogP contribution is 2.27. The molecule has 0 radical (unpaired) electrons. The van der Waals surface area contributed by atoms with Crippen molar-refractivity contribution in [3.63, 3.8) is 0 Å². The summed E-state index contributed by atoms with van der Waals surface area (Å²) in [4.78, 5) is 12.4. The SMILES string of the molecule is C=CCNC(=O)/C(C#N)=C/c1cn(-c2ccccc2)nc1-c1ccc(OCCCCCC)cc1. The first-order valence-electron chi connectivity index (χ1n) is 11.6. The highest BCUT2D eigenvalue weighted by Gasteiger charge is 2.15. The standard InChI is InChI=1S/C28H30N4O2/c1-3-5-6-10-18-34-26-15-13-22(14-16-26)27-24(19-23(20-29)28(33)30-17-4-2)21-32(31-27)25-11-8-7-9-12-25/h4,7-9,11-16,19,21H,2-3,5-6,10,17-18H2,1H3,(H,30,33)/b23-19+. The zero-order chi connectivity index (χ0) is 24.2. The lowest BCUT2D eigenvalue weighted by Gasteiger charge is -2.07. The van der Waals surface area contributed by atoms with Crippen molar-refractivity contribution in [3.05, 3.63) is 84.6 Å². The second kappa shape index (κ2) is 12.8. The van der Waals surface area contributed by atoms with Crippen LogP contribution < -0.4 is 10.1 Å². The molecule has 1 heterocycles. The van der Waals surface area contributed by atoms with Gasteiger partial charge in [-0.1, -0.05) is 50.5 Å². The number of carbonyl (C=O) groups is 1. The smallest absolute Gasteiger partial charge is 0.262 e. The van der Waals surface area contributed by atoms with Gasteiger partial charge in [-0.25, -0.2) is 4.68 Å². The molecule has 2 aromatic carbocycles. The number of rotatable bonds is 12. The summed E-state index contributed by atoms with van der Waals surface area (Å²) in [5.41, 5.74) is 3.08. The number of amides is 1. The molecule has 1 aromatic heterocycles. The Morgan fingerprint density at radius 2 is 1.91 bits per heavy atom. The van der Waals surface area contributed by atoms with Crippen LogP contribution in [0.15, 0.2) is 79.0 Å². The van der Waals surface area contributed by atoms with Gasteiger partial charge in [-0.05, 0) is 48.9 Å². The number of unbranched alkanes of at least 4 members (excludes halogenated alkanes) is 3. The fourth-order valence-corrected chi connectivity index (χ4v) is 3.42. The van der Waals surface area contributed by atoms with Gasteiger partial charge in [0, 0.05) is 23.9 Å². The molecule has 0 atom stereocenters. The average molecular weight is 455 g/mol. The molecule has 0 aliphatic rings. The first kappa shape index (κ1) is 24.5. The van der Waals surface area contributed by atoms with Gasteiger partial charge in [0.15, 0.2) is 0 Å². The number of para-hydroxylation sites is 1. The zero-order valence-corrected chi connectivity index (χ0v) is 19.5. The van der Waals surface area contributed by atoms with Crippen molar-refractivity contribution in [2.75, 3.05) is 13.2 Å². The Labute approximate surface area is 201 Å². The van der Waals surface area contributed by atoms with Gasteiger partial charge in [0.05, 0.1) is 18.0 Å². The maximum absolute atomic E-state index is 12.4. The van der Waals surface area contributed by atoms with Gasteiger partial charge in [0.2, 0.25) is 0 Å². The summed E-state index contributed by atoms with van der Waals surface area (Å²) < 4.78 is 7.60. The molecule has 0 aliphatic carbocycles. The van der Waals surface area contributed by atoms with Crippen molar-refractivity contribution in [3.8, 4) is 28.8 Å². The number of aromatic nitrogens is 2. The van der Waals surface area contributed by atoms with Crippen LogP contribution in [0, 0.1) is 11.3 Å². The number of ether oxygens (including phenoxy) is 1. The Bertz CT molecular complexity index is 1160. The Morgan fingerprint density at radius 3 is 2.59 bits per heavy atom. The molecular weight excluding hydrogens is 424 g/mol. The number of hydrogen-bond donors (Lipinski definition) is 1. The van der Waals surface area contributed by atoms with E-state index >= 15 is 0 Å². The zero-order valence-electron chi connectivity index (χ0n) is 19.5. The van der Waals surface area contributed by atoms with Crippen molar-refractivity contribution < 1.29 is 9.53 Å².